The molecule has 0 aliphatic carbocycles. The van der Waals surface area contributed by atoms with E-state index in [0.717, 1.165) is 9.80 Å². The Labute approximate surface area is 131 Å². The Kier molecular flexibility index (Phi) is 2.99. The maximum absolute atomic E-state index is 12.5. The molecular formula is C13H11N7O2S. The molecule has 0 bridgehead atoms. The molecule has 1 aromatic carbocycles. The highest BCUT2D eigenvalue weighted by atomic mass is 32.2. The number of hydrogen-bond donors (Lipinski definition) is 2. The lowest BCUT2D eigenvalue weighted by molar-refractivity contribution is 0.285. The molecule has 0 atom stereocenters. The van der Waals surface area contributed by atoms with Crippen LogP contribution in [-0.4, -0.2) is 35.5 Å². The zero-order valence-corrected chi connectivity index (χ0v) is 12.5. The summed E-state index contributed by atoms with van der Waals surface area (Å²) in [5, 5.41) is 2.23. The summed E-state index contributed by atoms with van der Waals surface area (Å²) in [6.07, 6.45) is 5.72. The first-order chi connectivity index (χ1) is 11.1. The van der Waals surface area contributed by atoms with E-state index in [4.69, 9.17) is 0 Å². The molecule has 2 aromatic rings. The van der Waals surface area contributed by atoms with Crippen molar-refractivity contribution in [3.05, 3.63) is 48.5 Å². The summed E-state index contributed by atoms with van der Waals surface area (Å²) < 4.78 is 28.5. The van der Waals surface area contributed by atoms with Crippen molar-refractivity contribution in [2.75, 3.05) is 4.72 Å². The largest absolute Gasteiger partial charge is 0.338 e. The Hall–Kier alpha value is -2.98. The molecule has 4 rings (SSSR count). The van der Waals surface area contributed by atoms with Gasteiger partial charge in [-0.15, -0.1) is 5.53 Å². The standard InChI is InChI=1S/C13H11N7O2S/c21-23(22,20-7-12-16-8-14-9-19(12)18-20)17-11-5-1-3-10-4-2-6-15-13(10)11/h1-9,17-18H. The molecule has 1 aromatic heterocycles. The van der Waals surface area contributed by atoms with Crippen molar-refractivity contribution in [1.82, 2.24) is 19.9 Å². The fraction of sp³-hybridized carbons (Fsp3) is 0. The Morgan fingerprint density at radius 3 is 2.91 bits per heavy atom. The molecule has 2 aliphatic heterocycles. The van der Waals surface area contributed by atoms with E-state index in [2.05, 4.69) is 25.2 Å². The Balaban J connectivity index is 1.67. The molecule has 116 valence electrons. The predicted molar refractivity (Wildman–Crippen MR) is 86.2 cm³/mol. The third-order valence-electron chi connectivity index (χ3n) is 3.26. The number of nitrogens with one attached hydrogen (secondary N) is 2. The smallest absolute Gasteiger partial charge is 0.263 e. The van der Waals surface area contributed by atoms with Gasteiger partial charge in [-0.05, 0) is 12.1 Å². The van der Waals surface area contributed by atoms with Crippen LogP contribution < -0.4 is 10.3 Å². The molecule has 0 fully saturated rings. The number of benzene rings is 1. The van der Waals surface area contributed by atoms with Crippen LogP contribution in [0.25, 0.3) is 10.9 Å². The summed E-state index contributed by atoms with van der Waals surface area (Å²) in [6, 6.07) is 8.94. The van der Waals surface area contributed by atoms with Crippen molar-refractivity contribution in [2.45, 2.75) is 0 Å². The maximum Gasteiger partial charge on any atom is 0.338 e. The summed E-state index contributed by atoms with van der Waals surface area (Å²) in [7, 11) is -3.88. The highest BCUT2D eigenvalue weighted by Gasteiger charge is 2.29. The highest BCUT2D eigenvalue weighted by molar-refractivity contribution is 7.90. The molecule has 2 N–H and O–H groups in total. The van der Waals surface area contributed by atoms with Crippen LogP contribution in [0.1, 0.15) is 0 Å². The van der Waals surface area contributed by atoms with Crippen molar-refractivity contribution in [2.24, 2.45) is 9.98 Å². The van der Waals surface area contributed by atoms with Crippen molar-refractivity contribution in [1.29, 1.82) is 0 Å². The summed E-state index contributed by atoms with van der Waals surface area (Å²) in [5.41, 5.74) is 3.61. The summed E-state index contributed by atoms with van der Waals surface area (Å²) in [5.74, 6) is 0.418. The topological polar surface area (TPSA) is 102 Å². The van der Waals surface area contributed by atoms with Gasteiger partial charge in [0, 0.05) is 11.6 Å². The minimum Gasteiger partial charge on any atom is -0.263 e. The van der Waals surface area contributed by atoms with Gasteiger partial charge in [0.2, 0.25) is 0 Å². The molecule has 0 radical (unpaired) electrons. The molecule has 0 saturated heterocycles. The Morgan fingerprint density at radius 1 is 1.17 bits per heavy atom. The van der Waals surface area contributed by atoms with Crippen molar-refractivity contribution in [3.63, 3.8) is 0 Å². The van der Waals surface area contributed by atoms with Crippen LogP contribution in [-0.2, 0) is 10.2 Å². The van der Waals surface area contributed by atoms with Crippen LogP contribution in [0.4, 0.5) is 5.69 Å². The molecule has 0 saturated carbocycles. The van der Waals surface area contributed by atoms with Gasteiger partial charge in [-0.1, -0.05) is 18.2 Å². The predicted octanol–water partition coefficient (Wildman–Crippen LogP) is 0.798. The van der Waals surface area contributed by atoms with Gasteiger partial charge < -0.3 is 0 Å². The van der Waals surface area contributed by atoms with Crippen LogP contribution in [0.3, 0.4) is 0 Å². The van der Waals surface area contributed by atoms with E-state index in [9.17, 15) is 8.42 Å². The molecule has 10 heteroatoms. The van der Waals surface area contributed by atoms with Gasteiger partial charge >= 0.3 is 10.2 Å². The van der Waals surface area contributed by atoms with E-state index in [0.29, 0.717) is 17.0 Å². The Morgan fingerprint density at radius 2 is 2.04 bits per heavy atom. The molecule has 23 heavy (non-hydrogen) atoms. The molecule has 9 nitrogen and oxygen atoms in total. The minimum absolute atomic E-state index is 0.394. The first-order valence-electron chi connectivity index (χ1n) is 6.63. The SMILES string of the molecule is O=S(=O)(Nc1cccc2cccnc12)N1C=C2N=CN=CN2N1. The number of aliphatic imine (C=N–C) groups is 2. The normalized spacial score (nSPS) is 16.6. The fourth-order valence-electron chi connectivity index (χ4n) is 2.22. The lowest BCUT2D eigenvalue weighted by Crippen LogP contribution is -2.45. The molecule has 0 spiro atoms. The van der Waals surface area contributed by atoms with Crippen molar-refractivity contribution >= 4 is 39.5 Å². The number of anilines is 1. The van der Waals surface area contributed by atoms with Crippen molar-refractivity contribution in [3.8, 4) is 0 Å². The van der Waals surface area contributed by atoms with Gasteiger partial charge in [0.1, 0.15) is 12.7 Å². The molecule has 2 aliphatic rings. The van der Waals surface area contributed by atoms with Crippen LogP contribution in [0.2, 0.25) is 0 Å². The maximum atomic E-state index is 12.5. The number of hydrogen-bond acceptors (Lipinski definition) is 7. The number of para-hydroxylation sites is 1. The van der Waals surface area contributed by atoms with E-state index in [-0.39, 0.29) is 0 Å². The number of fused-ring (bicyclic) bond motifs is 2. The van der Waals surface area contributed by atoms with Crippen LogP contribution in [0.15, 0.2) is 58.5 Å². The van der Waals surface area contributed by atoms with E-state index >= 15 is 0 Å². The monoisotopic (exact) mass is 329 g/mol. The quantitative estimate of drug-likeness (QED) is 0.867. The second kappa shape index (κ2) is 5.04. The first-order valence-corrected chi connectivity index (χ1v) is 8.07. The van der Waals surface area contributed by atoms with E-state index in [1.165, 1.54) is 23.9 Å². The van der Waals surface area contributed by atoms with Gasteiger partial charge in [0.05, 0.1) is 17.4 Å². The van der Waals surface area contributed by atoms with E-state index < -0.39 is 10.2 Å². The van der Waals surface area contributed by atoms with Crippen LogP contribution >= 0.6 is 0 Å². The molecule has 0 unspecified atom stereocenters. The second-order valence-corrected chi connectivity index (χ2v) is 6.30. The highest BCUT2D eigenvalue weighted by Crippen LogP contribution is 2.23. The third-order valence-corrected chi connectivity index (χ3v) is 4.44. The van der Waals surface area contributed by atoms with Crippen LogP contribution in [0.5, 0.6) is 0 Å². The number of aromatic nitrogens is 1. The number of rotatable bonds is 3. The van der Waals surface area contributed by atoms with Gasteiger partial charge in [0.15, 0.2) is 5.82 Å². The first kappa shape index (κ1) is 13.7. The molecular weight excluding hydrogens is 318 g/mol. The molecule has 0 amide bonds. The minimum atomic E-state index is -3.88. The summed E-state index contributed by atoms with van der Waals surface area (Å²) >= 11 is 0. The molecule has 3 heterocycles. The number of pyridine rings is 1. The number of hydrazine groups is 2. The van der Waals surface area contributed by atoms with Gasteiger partial charge in [-0.2, -0.15) is 12.8 Å². The fourth-order valence-corrected chi connectivity index (χ4v) is 3.19. The average molecular weight is 329 g/mol. The Bertz CT molecular complexity index is 962. The zero-order valence-electron chi connectivity index (χ0n) is 11.7. The zero-order chi connectivity index (χ0) is 15.9. The lowest BCUT2D eigenvalue weighted by atomic mass is 10.2. The van der Waals surface area contributed by atoms with E-state index in [1.807, 2.05) is 12.1 Å². The lowest BCUT2D eigenvalue weighted by Gasteiger charge is -2.21. The van der Waals surface area contributed by atoms with Gasteiger partial charge in [-0.3, -0.25) is 9.71 Å². The van der Waals surface area contributed by atoms with Gasteiger partial charge in [-0.25, -0.2) is 15.0 Å². The van der Waals surface area contributed by atoms with Gasteiger partial charge in [0.25, 0.3) is 0 Å². The summed E-state index contributed by atoms with van der Waals surface area (Å²) in [6.45, 7) is 0. The summed E-state index contributed by atoms with van der Waals surface area (Å²) in [4.78, 5) is 12.0. The average Bonchev–Trinajstić information content (AvgIpc) is 3.00. The second-order valence-electron chi connectivity index (χ2n) is 4.75. The van der Waals surface area contributed by atoms with Crippen LogP contribution in [0, 0.1) is 0 Å². The van der Waals surface area contributed by atoms with Crippen molar-refractivity contribution < 1.29 is 8.42 Å². The number of nitrogens with zero attached hydrogens (tertiary/aromatic N) is 5. The third kappa shape index (κ3) is 2.39. The van der Waals surface area contributed by atoms with E-state index in [1.54, 1.807) is 24.4 Å².